The molecule has 1 aliphatic carbocycles. The van der Waals surface area contributed by atoms with Crippen molar-refractivity contribution in [2.75, 3.05) is 7.11 Å². The van der Waals surface area contributed by atoms with E-state index in [0.29, 0.717) is 18.1 Å². The fourth-order valence-electron chi connectivity index (χ4n) is 3.63. The van der Waals surface area contributed by atoms with Crippen LogP contribution in [0.15, 0.2) is 18.2 Å². The molecule has 1 saturated carbocycles. The van der Waals surface area contributed by atoms with Crippen molar-refractivity contribution in [3.05, 3.63) is 29.6 Å². The average molecular weight is 320 g/mol. The molecule has 1 aromatic rings. The average Bonchev–Trinajstić information content (AvgIpc) is 2.56. The summed E-state index contributed by atoms with van der Waals surface area (Å²) < 4.78 is 19.0. The molecule has 1 aliphatic rings. The molecular weight excluding hydrogens is 291 g/mol. The molecule has 0 unspecified atom stereocenters. The number of carbonyl (C=O) groups is 1. The van der Waals surface area contributed by atoms with Crippen molar-refractivity contribution in [1.29, 1.82) is 0 Å². The number of carbonyl (C=O) groups excluding carboxylic acids is 1. The lowest BCUT2D eigenvalue weighted by Gasteiger charge is -2.28. The van der Waals surface area contributed by atoms with E-state index in [9.17, 15) is 9.18 Å². The van der Waals surface area contributed by atoms with E-state index in [4.69, 9.17) is 4.74 Å². The minimum atomic E-state index is -0.470. The molecule has 1 aromatic carbocycles. The first-order valence-corrected chi connectivity index (χ1v) is 9.00. The molecule has 0 radical (unpaired) electrons. The second-order valence-electron chi connectivity index (χ2n) is 6.86. The van der Waals surface area contributed by atoms with Gasteiger partial charge in [0.25, 0.3) is 0 Å². The zero-order valence-corrected chi connectivity index (χ0v) is 14.4. The van der Waals surface area contributed by atoms with Gasteiger partial charge < -0.3 is 4.74 Å². The van der Waals surface area contributed by atoms with Crippen molar-refractivity contribution in [2.45, 2.75) is 64.7 Å². The number of halogens is 1. The maximum absolute atomic E-state index is 14.0. The monoisotopic (exact) mass is 320 g/mol. The Morgan fingerprint density at radius 1 is 1.17 bits per heavy atom. The normalized spacial score (nSPS) is 21.2. The van der Waals surface area contributed by atoms with Gasteiger partial charge in [-0.05, 0) is 36.8 Å². The van der Waals surface area contributed by atoms with E-state index in [1.165, 1.54) is 51.7 Å². The molecule has 23 heavy (non-hydrogen) atoms. The van der Waals surface area contributed by atoms with Crippen molar-refractivity contribution >= 4 is 5.78 Å². The van der Waals surface area contributed by atoms with Gasteiger partial charge in [-0.1, -0.05) is 45.4 Å². The number of rotatable bonds is 8. The molecule has 0 aromatic heterocycles. The molecule has 2 nitrogen and oxygen atoms in total. The van der Waals surface area contributed by atoms with Gasteiger partial charge in [-0.25, -0.2) is 4.39 Å². The Kier molecular flexibility index (Phi) is 7.07. The highest BCUT2D eigenvalue weighted by atomic mass is 19.1. The highest BCUT2D eigenvalue weighted by Crippen LogP contribution is 2.34. The molecule has 0 heterocycles. The molecule has 3 heteroatoms. The summed E-state index contributed by atoms with van der Waals surface area (Å²) in [5.41, 5.74) is 0.205. The fourth-order valence-corrected chi connectivity index (χ4v) is 3.63. The lowest BCUT2D eigenvalue weighted by atomic mass is 9.77. The first-order valence-electron chi connectivity index (χ1n) is 9.00. The van der Waals surface area contributed by atoms with Crippen molar-refractivity contribution in [3.63, 3.8) is 0 Å². The van der Waals surface area contributed by atoms with Crippen LogP contribution in [0.25, 0.3) is 0 Å². The van der Waals surface area contributed by atoms with Crippen LogP contribution in [-0.4, -0.2) is 12.9 Å². The zero-order chi connectivity index (χ0) is 16.7. The Labute approximate surface area is 139 Å². The van der Waals surface area contributed by atoms with Crippen LogP contribution >= 0.6 is 0 Å². The third kappa shape index (κ3) is 5.33. The van der Waals surface area contributed by atoms with Crippen LogP contribution in [0, 0.1) is 17.7 Å². The Bertz CT molecular complexity index is 504. The molecule has 0 bridgehead atoms. The van der Waals surface area contributed by atoms with Gasteiger partial charge in [0.15, 0.2) is 5.78 Å². The van der Waals surface area contributed by atoms with Crippen molar-refractivity contribution in [2.24, 2.45) is 11.8 Å². The lowest BCUT2D eigenvalue weighted by Crippen LogP contribution is -2.18. The molecule has 2 rings (SSSR count). The van der Waals surface area contributed by atoms with Crippen LogP contribution in [0.5, 0.6) is 5.75 Å². The molecule has 1 fully saturated rings. The summed E-state index contributed by atoms with van der Waals surface area (Å²) in [6.07, 6.45) is 10.4. The molecule has 0 atom stereocenters. The van der Waals surface area contributed by atoms with Crippen LogP contribution < -0.4 is 4.74 Å². The molecule has 128 valence electrons. The summed E-state index contributed by atoms with van der Waals surface area (Å²) in [4.78, 5) is 12.3. The minimum Gasteiger partial charge on any atom is -0.497 e. The molecule has 0 saturated heterocycles. The van der Waals surface area contributed by atoms with Crippen molar-refractivity contribution < 1.29 is 13.9 Å². The summed E-state index contributed by atoms with van der Waals surface area (Å²) in [7, 11) is 1.50. The summed E-state index contributed by atoms with van der Waals surface area (Å²) in [5.74, 6) is 1.17. The fraction of sp³-hybridized carbons (Fsp3) is 0.650. The van der Waals surface area contributed by atoms with Crippen molar-refractivity contribution in [1.82, 2.24) is 0 Å². The Balaban J connectivity index is 1.81. The van der Waals surface area contributed by atoms with E-state index in [-0.39, 0.29) is 11.3 Å². The molecular formula is C20H29FO2. The van der Waals surface area contributed by atoms with Gasteiger partial charge in [-0.15, -0.1) is 0 Å². The summed E-state index contributed by atoms with van der Waals surface area (Å²) >= 11 is 0. The maximum atomic E-state index is 14.0. The molecule has 0 amide bonds. The van der Waals surface area contributed by atoms with E-state index in [2.05, 4.69) is 6.92 Å². The Hall–Kier alpha value is -1.38. The van der Waals surface area contributed by atoms with Gasteiger partial charge in [-0.3, -0.25) is 4.79 Å². The third-order valence-corrected chi connectivity index (χ3v) is 5.13. The number of ether oxygens (including phenoxy) is 1. The standard InChI is InChI=1S/C20H29FO2/c1-3-4-5-6-15-7-9-16(10-8-15)13-20(22)18-12-11-17(23-2)14-19(18)21/h11-12,14-16H,3-10,13H2,1-2H3. The molecule has 0 spiro atoms. The van der Waals surface area contributed by atoms with E-state index >= 15 is 0 Å². The van der Waals surface area contributed by atoms with E-state index in [0.717, 1.165) is 18.8 Å². The van der Waals surface area contributed by atoms with Gasteiger partial charge >= 0.3 is 0 Å². The quantitative estimate of drug-likeness (QED) is 0.447. The minimum absolute atomic E-state index is 0.0698. The van der Waals surface area contributed by atoms with Gasteiger partial charge in [0, 0.05) is 12.5 Å². The number of benzene rings is 1. The zero-order valence-electron chi connectivity index (χ0n) is 14.4. The predicted molar refractivity (Wildman–Crippen MR) is 91.5 cm³/mol. The first kappa shape index (κ1) is 18.0. The number of Topliss-reactive ketones (excluding diaryl/α,β-unsaturated/α-hetero) is 1. The number of hydrogen-bond donors (Lipinski definition) is 0. The number of unbranched alkanes of at least 4 members (excludes halogenated alkanes) is 2. The number of methoxy groups -OCH3 is 1. The van der Waals surface area contributed by atoms with E-state index < -0.39 is 5.82 Å². The topological polar surface area (TPSA) is 26.3 Å². The van der Waals surface area contributed by atoms with Gasteiger partial charge in [0.1, 0.15) is 11.6 Å². The predicted octanol–water partition coefficient (Wildman–Crippen LogP) is 5.79. The highest BCUT2D eigenvalue weighted by molar-refractivity contribution is 5.96. The third-order valence-electron chi connectivity index (χ3n) is 5.13. The Morgan fingerprint density at radius 3 is 2.48 bits per heavy atom. The van der Waals surface area contributed by atoms with Crippen LogP contribution in [0.2, 0.25) is 0 Å². The van der Waals surface area contributed by atoms with Crippen LogP contribution in [-0.2, 0) is 0 Å². The largest absolute Gasteiger partial charge is 0.497 e. The Morgan fingerprint density at radius 2 is 1.87 bits per heavy atom. The number of ketones is 1. The van der Waals surface area contributed by atoms with E-state index in [1.807, 2.05) is 0 Å². The summed E-state index contributed by atoms with van der Waals surface area (Å²) in [5, 5.41) is 0. The molecule has 0 aliphatic heterocycles. The van der Waals surface area contributed by atoms with Gasteiger partial charge in [-0.2, -0.15) is 0 Å². The smallest absolute Gasteiger partial charge is 0.166 e. The maximum Gasteiger partial charge on any atom is 0.166 e. The molecule has 0 N–H and O–H groups in total. The van der Waals surface area contributed by atoms with Crippen molar-refractivity contribution in [3.8, 4) is 5.75 Å². The second-order valence-corrected chi connectivity index (χ2v) is 6.86. The SMILES string of the molecule is CCCCCC1CCC(CC(=O)c2ccc(OC)cc2F)CC1. The van der Waals surface area contributed by atoms with Gasteiger partial charge in [0.2, 0.25) is 0 Å². The van der Waals surface area contributed by atoms with Crippen LogP contribution in [0.1, 0.15) is 75.1 Å². The second kappa shape index (κ2) is 9.05. The summed E-state index contributed by atoms with van der Waals surface area (Å²) in [6.45, 7) is 2.24. The first-order chi connectivity index (χ1) is 11.1. The number of hydrogen-bond acceptors (Lipinski definition) is 2. The lowest BCUT2D eigenvalue weighted by molar-refractivity contribution is 0.0937. The van der Waals surface area contributed by atoms with E-state index in [1.54, 1.807) is 12.1 Å². The summed E-state index contributed by atoms with van der Waals surface area (Å²) in [6, 6.07) is 4.49. The van der Waals surface area contributed by atoms with Crippen LogP contribution in [0.3, 0.4) is 0 Å². The highest BCUT2D eigenvalue weighted by Gasteiger charge is 2.24. The van der Waals surface area contributed by atoms with Crippen LogP contribution in [0.4, 0.5) is 4.39 Å². The van der Waals surface area contributed by atoms with Gasteiger partial charge in [0.05, 0.1) is 12.7 Å².